The maximum absolute atomic E-state index is 13.4. The predicted molar refractivity (Wildman–Crippen MR) is 118 cm³/mol. The summed E-state index contributed by atoms with van der Waals surface area (Å²) < 4.78 is 6.18. The Bertz CT molecular complexity index is 1280. The lowest BCUT2D eigenvalue weighted by Gasteiger charge is -2.17. The van der Waals surface area contributed by atoms with Crippen LogP contribution in [0.1, 0.15) is 28.5 Å². The number of carbonyl (C=O) groups excluding carboxylic acids is 1. The molecule has 0 saturated heterocycles. The number of nitrogens with zero attached hydrogens (tertiary/aromatic N) is 4. The summed E-state index contributed by atoms with van der Waals surface area (Å²) in [6.45, 7) is 2.19. The smallest absolute Gasteiger partial charge is 0.346 e. The Morgan fingerprint density at radius 2 is 1.91 bits per heavy atom. The highest BCUT2D eigenvalue weighted by molar-refractivity contribution is 6.03. The molecule has 0 atom stereocenters. The van der Waals surface area contributed by atoms with E-state index in [1.807, 2.05) is 48.5 Å². The van der Waals surface area contributed by atoms with Crippen LogP contribution in [0, 0.1) is 0 Å². The van der Waals surface area contributed by atoms with E-state index >= 15 is 0 Å². The van der Waals surface area contributed by atoms with Gasteiger partial charge in [0.25, 0.3) is 0 Å². The molecule has 162 valence electrons. The molecule has 0 unspecified atom stereocenters. The van der Waals surface area contributed by atoms with Crippen molar-refractivity contribution in [1.29, 1.82) is 0 Å². The summed E-state index contributed by atoms with van der Waals surface area (Å²) in [6.07, 6.45) is 4.50. The maximum Gasteiger partial charge on any atom is 0.346 e. The topological polar surface area (TPSA) is 108 Å². The molecule has 3 heterocycles. The molecule has 0 fully saturated rings. The lowest BCUT2D eigenvalue weighted by atomic mass is 10.1. The first-order valence-electron chi connectivity index (χ1n) is 10.1. The second kappa shape index (κ2) is 9.69. The zero-order valence-corrected chi connectivity index (χ0v) is 17.4. The Morgan fingerprint density at radius 3 is 2.66 bits per heavy atom. The molecule has 9 nitrogen and oxygen atoms in total. The fourth-order valence-corrected chi connectivity index (χ4v) is 3.19. The van der Waals surface area contributed by atoms with Crippen LogP contribution in [-0.4, -0.2) is 32.3 Å². The second-order valence-electron chi connectivity index (χ2n) is 6.76. The molecule has 1 aromatic carbocycles. The molecular formula is C23H21N5O4. The van der Waals surface area contributed by atoms with Crippen molar-refractivity contribution >= 4 is 22.7 Å². The van der Waals surface area contributed by atoms with Gasteiger partial charge in [0.15, 0.2) is 11.2 Å². The number of hydrogen-bond acceptors (Lipinski definition) is 8. The van der Waals surface area contributed by atoms with Crippen molar-refractivity contribution < 1.29 is 14.4 Å². The quantitative estimate of drug-likeness (QED) is 0.424. The van der Waals surface area contributed by atoms with E-state index < -0.39 is 11.5 Å². The third-order valence-corrected chi connectivity index (χ3v) is 4.66. The van der Waals surface area contributed by atoms with Crippen molar-refractivity contribution in [3.8, 4) is 0 Å². The van der Waals surface area contributed by atoms with Gasteiger partial charge in [-0.3, -0.25) is 9.78 Å². The molecule has 1 N–H and O–H groups in total. The minimum absolute atomic E-state index is 0.114. The van der Waals surface area contributed by atoms with E-state index in [0.717, 1.165) is 16.0 Å². The first kappa shape index (κ1) is 21.0. The molecule has 32 heavy (non-hydrogen) atoms. The molecule has 0 aliphatic rings. The van der Waals surface area contributed by atoms with Gasteiger partial charge in [-0.2, -0.15) is 0 Å². The van der Waals surface area contributed by atoms with Crippen LogP contribution in [-0.2, 0) is 17.9 Å². The van der Waals surface area contributed by atoms with Crippen molar-refractivity contribution in [2.75, 3.05) is 11.9 Å². The highest BCUT2D eigenvalue weighted by Gasteiger charge is 2.25. The fraction of sp³-hybridized carbons (Fsp3) is 0.174. The maximum atomic E-state index is 13.4. The normalized spacial score (nSPS) is 10.7. The number of pyridine rings is 2. The van der Waals surface area contributed by atoms with Crippen LogP contribution in [0.2, 0.25) is 0 Å². The number of ether oxygens (including phenoxy) is 1. The van der Waals surface area contributed by atoms with Crippen LogP contribution in [0.3, 0.4) is 0 Å². The zero-order valence-electron chi connectivity index (χ0n) is 17.4. The number of hydrogen-bond donors (Lipinski definition) is 1. The molecule has 3 aromatic heterocycles. The van der Waals surface area contributed by atoms with Gasteiger partial charge in [0.1, 0.15) is 12.9 Å². The first-order valence-corrected chi connectivity index (χ1v) is 10.1. The Labute approximate surface area is 183 Å². The standard InChI is InChI=1S/C23H21N5O4/c1-2-31-23(30)19-20(26-12-17-10-6-7-11-25-17)18-13-24-15-27-21(18)28(22(19)29)32-14-16-8-4-3-5-9-16/h3-11,13,15,26H,2,12,14H2,1H3. The molecule has 0 aliphatic heterocycles. The molecule has 0 bridgehead atoms. The summed E-state index contributed by atoms with van der Waals surface area (Å²) in [5.74, 6) is -0.760. The second-order valence-corrected chi connectivity index (χ2v) is 6.76. The highest BCUT2D eigenvalue weighted by atomic mass is 16.7. The Balaban J connectivity index is 1.81. The van der Waals surface area contributed by atoms with Crippen LogP contribution in [0.25, 0.3) is 11.0 Å². The average molecular weight is 431 g/mol. The minimum atomic E-state index is -0.760. The largest absolute Gasteiger partial charge is 0.462 e. The number of anilines is 1. The molecule has 0 aliphatic carbocycles. The van der Waals surface area contributed by atoms with E-state index in [1.165, 1.54) is 12.5 Å². The van der Waals surface area contributed by atoms with Gasteiger partial charge in [0, 0.05) is 12.4 Å². The lowest BCUT2D eigenvalue weighted by Crippen LogP contribution is -2.34. The summed E-state index contributed by atoms with van der Waals surface area (Å²) in [4.78, 5) is 44.5. The van der Waals surface area contributed by atoms with E-state index in [4.69, 9.17) is 9.57 Å². The number of carbonyl (C=O) groups is 1. The third-order valence-electron chi connectivity index (χ3n) is 4.66. The van der Waals surface area contributed by atoms with E-state index in [1.54, 1.807) is 13.1 Å². The summed E-state index contributed by atoms with van der Waals surface area (Å²) in [5.41, 5.74) is 1.24. The molecular weight excluding hydrogens is 410 g/mol. The van der Waals surface area contributed by atoms with Crippen LogP contribution < -0.4 is 15.7 Å². The van der Waals surface area contributed by atoms with Crippen LogP contribution in [0.5, 0.6) is 0 Å². The zero-order chi connectivity index (χ0) is 22.3. The van der Waals surface area contributed by atoms with E-state index in [-0.39, 0.29) is 36.7 Å². The number of nitrogens with one attached hydrogen (secondary N) is 1. The fourth-order valence-electron chi connectivity index (χ4n) is 3.19. The number of benzene rings is 1. The van der Waals surface area contributed by atoms with Crippen molar-refractivity contribution in [3.63, 3.8) is 0 Å². The van der Waals surface area contributed by atoms with E-state index in [9.17, 15) is 9.59 Å². The summed E-state index contributed by atoms with van der Waals surface area (Å²) in [6, 6.07) is 14.9. The van der Waals surface area contributed by atoms with Gasteiger partial charge in [0.2, 0.25) is 0 Å². The monoisotopic (exact) mass is 431 g/mol. The Hall–Kier alpha value is -4.27. The van der Waals surface area contributed by atoms with Crippen molar-refractivity contribution in [1.82, 2.24) is 19.7 Å². The SMILES string of the molecule is CCOC(=O)c1c(NCc2ccccn2)c2cncnc2n(OCc2ccccc2)c1=O. The molecule has 4 rings (SSSR count). The number of esters is 1. The summed E-state index contributed by atoms with van der Waals surface area (Å²) in [7, 11) is 0. The van der Waals surface area contributed by atoms with E-state index in [0.29, 0.717) is 5.39 Å². The molecule has 0 radical (unpaired) electrons. The first-order chi connectivity index (χ1) is 15.7. The van der Waals surface area contributed by atoms with Gasteiger partial charge in [-0.15, -0.1) is 4.73 Å². The van der Waals surface area contributed by atoms with Gasteiger partial charge in [-0.1, -0.05) is 36.4 Å². The highest BCUT2D eigenvalue weighted by Crippen LogP contribution is 2.24. The van der Waals surface area contributed by atoms with Gasteiger partial charge in [-0.05, 0) is 24.6 Å². The van der Waals surface area contributed by atoms with Gasteiger partial charge < -0.3 is 14.9 Å². The lowest BCUT2D eigenvalue weighted by molar-refractivity contribution is 0.0513. The summed E-state index contributed by atoms with van der Waals surface area (Å²) >= 11 is 0. The average Bonchev–Trinajstić information content (AvgIpc) is 2.83. The Morgan fingerprint density at radius 1 is 1.09 bits per heavy atom. The van der Waals surface area contributed by atoms with Crippen molar-refractivity contribution in [2.24, 2.45) is 0 Å². The van der Waals surface area contributed by atoms with Gasteiger partial charge in [-0.25, -0.2) is 14.8 Å². The predicted octanol–water partition coefficient (Wildman–Crippen LogP) is 2.60. The molecule has 0 saturated carbocycles. The van der Waals surface area contributed by atoms with Crippen LogP contribution in [0.4, 0.5) is 5.69 Å². The minimum Gasteiger partial charge on any atom is -0.462 e. The molecule has 0 spiro atoms. The van der Waals surface area contributed by atoms with Gasteiger partial charge >= 0.3 is 11.5 Å². The Kier molecular flexibility index (Phi) is 6.35. The number of fused-ring (bicyclic) bond motifs is 1. The van der Waals surface area contributed by atoms with Crippen molar-refractivity contribution in [2.45, 2.75) is 20.1 Å². The van der Waals surface area contributed by atoms with Crippen LogP contribution in [0.15, 0.2) is 72.0 Å². The third kappa shape index (κ3) is 4.41. The van der Waals surface area contributed by atoms with E-state index in [2.05, 4.69) is 20.3 Å². The molecule has 0 amide bonds. The van der Waals surface area contributed by atoms with Crippen LogP contribution >= 0.6 is 0 Å². The molecule has 9 heteroatoms. The summed E-state index contributed by atoms with van der Waals surface area (Å²) in [5, 5.41) is 3.59. The number of aromatic nitrogens is 4. The van der Waals surface area contributed by atoms with Gasteiger partial charge in [0.05, 0.1) is 29.9 Å². The molecule has 4 aromatic rings. The number of rotatable bonds is 8. The van der Waals surface area contributed by atoms with Crippen molar-refractivity contribution in [3.05, 3.63) is 94.4 Å².